The van der Waals surface area contributed by atoms with Gasteiger partial charge >= 0.3 is 0 Å². The van der Waals surface area contributed by atoms with Crippen molar-refractivity contribution in [2.24, 2.45) is 5.92 Å². The molecule has 9 heteroatoms. The zero-order valence-corrected chi connectivity index (χ0v) is 17.4. The second-order valence-corrected chi connectivity index (χ2v) is 9.85. The molecule has 1 aliphatic carbocycles. The Labute approximate surface area is 171 Å². The Bertz CT molecular complexity index is 954. The average molecular weight is 418 g/mol. The fourth-order valence-electron chi connectivity index (χ4n) is 4.45. The summed E-state index contributed by atoms with van der Waals surface area (Å²) in [7, 11) is -3.36. The van der Waals surface area contributed by atoms with Crippen LogP contribution in [0.15, 0.2) is 30.3 Å². The molecule has 1 saturated carbocycles. The van der Waals surface area contributed by atoms with Gasteiger partial charge in [0, 0.05) is 24.1 Å². The monoisotopic (exact) mass is 417 g/mol. The molecule has 2 aliphatic rings. The molecule has 4 rings (SSSR count). The average Bonchev–Trinajstić information content (AvgIpc) is 3.35. The van der Waals surface area contributed by atoms with Crippen LogP contribution in [0.1, 0.15) is 50.4 Å². The molecule has 1 aliphatic heterocycles. The predicted molar refractivity (Wildman–Crippen MR) is 109 cm³/mol. The van der Waals surface area contributed by atoms with Crippen LogP contribution in [0.5, 0.6) is 0 Å². The minimum atomic E-state index is -3.36. The summed E-state index contributed by atoms with van der Waals surface area (Å²) >= 11 is 0. The van der Waals surface area contributed by atoms with Crippen molar-refractivity contribution in [2.75, 3.05) is 12.8 Å². The van der Waals surface area contributed by atoms with Crippen LogP contribution in [0.4, 0.5) is 0 Å². The number of nitrogens with zero attached hydrogens (tertiary/aromatic N) is 3. The van der Waals surface area contributed by atoms with Gasteiger partial charge in [-0.15, -0.1) is 0 Å². The van der Waals surface area contributed by atoms with E-state index in [1.807, 2.05) is 30.3 Å². The topological polar surface area (TPSA) is 108 Å². The summed E-state index contributed by atoms with van der Waals surface area (Å²) in [4.78, 5) is 19.7. The van der Waals surface area contributed by atoms with E-state index in [0.29, 0.717) is 24.6 Å². The number of sulfonamides is 1. The highest BCUT2D eigenvalue weighted by molar-refractivity contribution is 7.88. The van der Waals surface area contributed by atoms with E-state index in [1.54, 1.807) is 4.90 Å². The molecule has 8 nitrogen and oxygen atoms in total. The first-order valence-electron chi connectivity index (χ1n) is 10.2. The molecular weight excluding hydrogens is 390 g/mol. The van der Waals surface area contributed by atoms with Gasteiger partial charge in [-0.25, -0.2) is 18.1 Å². The molecule has 1 aromatic carbocycles. The van der Waals surface area contributed by atoms with Crippen molar-refractivity contribution in [3.05, 3.63) is 36.2 Å². The number of aromatic nitrogens is 3. The maximum absolute atomic E-state index is 13.3. The molecule has 1 amide bonds. The van der Waals surface area contributed by atoms with Crippen molar-refractivity contribution in [3.8, 4) is 11.4 Å². The standard InChI is InChI=1S/C20H27N5O3S/c1-29(27,28)24-16-12-17(25(13-16)20(26)15-10-6-3-7-11-15)19-21-18(22-23-19)14-8-4-2-5-9-14/h2,4-5,8-9,15-17,24H,3,6-7,10-13H2,1H3,(H,21,22,23). The number of rotatable bonds is 5. The first kappa shape index (κ1) is 20.0. The quantitative estimate of drug-likeness (QED) is 0.776. The number of carbonyl (C=O) groups excluding carboxylic acids is 1. The number of amides is 1. The summed E-state index contributed by atoms with van der Waals surface area (Å²) in [6.45, 7) is 0.356. The van der Waals surface area contributed by atoms with Gasteiger partial charge in [0.25, 0.3) is 0 Å². The van der Waals surface area contributed by atoms with Gasteiger partial charge in [0.2, 0.25) is 15.9 Å². The molecule has 1 saturated heterocycles. The van der Waals surface area contributed by atoms with E-state index in [9.17, 15) is 13.2 Å². The molecular formula is C20H27N5O3S. The van der Waals surface area contributed by atoms with Crippen LogP contribution in [0.3, 0.4) is 0 Å². The van der Waals surface area contributed by atoms with E-state index < -0.39 is 10.0 Å². The third kappa shape index (κ3) is 4.67. The number of carbonyl (C=O) groups is 1. The van der Waals surface area contributed by atoms with Gasteiger partial charge in [0.1, 0.15) is 5.82 Å². The molecule has 29 heavy (non-hydrogen) atoms. The van der Waals surface area contributed by atoms with Crippen LogP contribution in [-0.2, 0) is 14.8 Å². The predicted octanol–water partition coefficient (Wildman–Crippen LogP) is 2.24. The number of benzene rings is 1. The number of nitrogens with one attached hydrogen (secondary N) is 2. The van der Waals surface area contributed by atoms with Crippen LogP contribution in [0.2, 0.25) is 0 Å². The van der Waals surface area contributed by atoms with E-state index in [2.05, 4.69) is 19.9 Å². The highest BCUT2D eigenvalue weighted by Crippen LogP contribution is 2.35. The first-order valence-corrected chi connectivity index (χ1v) is 12.1. The molecule has 2 aromatic rings. The lowest BCUT2D eigenvalue weighted by Gasteiger charge is -2.29. The number of hydrogen-bond donors (Lipinski definition) is 2. The SMILES string of the molecule is CS(=O)(=O)NC1CC(c2nc(-c3ccccc3)n[nH]2)N(C(=O)C2CCCCC2)C1. The van der Waals surface area contributed by atoms with E-state index >= 15 is 0 Å². The maximum Gasteiger partial charge on any atom is 0.226 e. The number of aromatic amines is 1. The number of hydrogen-bond acceptors (Lipinski definition) is 5. The van der Waals surface area contributed by atoms with Crippen molar-refractivity contribution in [3.63, 3.8) is 0 Å². The largest absolute Gasteiger partial charge is 0.331 e. The second-order valence-electron chi connectivity index (χ2n) is 8.07. The fourth-order valence-corrected chi connectivity index (χ4v) is 5.23. The maximum atomic E-state index is 13.3. The summed E-state index contributed by atoms with van der Waals surface area (Å²) in [5.74, 6) is 1.29. The van der Waals surface area contributed by atoms with Gasteiger partial charge in [-0.2, -0.15) is 5.10 Å². The molecule has 2 fully saturated rings. The lowest BCUT2D eigenvalue weighted by Crippen LogP contribution is -2.40. The van der Waals surface area contributed by atoms with Crippen LogP contribution in [0, 0.1) is 5.92 Å². The highest BCUT2D eigenvalue weighted by Gasteiger charge is 2.41. The van der Waals surface area contributed by atoms with Crippen molar-refractivity contribution >= 4 is 15.9 Å². The minimum absolute atomic E-state index is 0.0137. The summed E-state index contributed by atoms with van der Waals surface area (Å²) in [6.07, 6.45) is 6.75. The molecule has 2 heterocycles. The fraction of sp³-hybridized carbons (Fsp3) is 0.550. The molecule has 2 atom stereocenters. The van der Waals surface area contributed by atoms with Crippen LogP contribution in [-0.4, -0.2) is 53.2 Å². The van der Waals surface area contributed by atoms with Gasteiger partial charge in [-0.1, -0.05) is 49.6 Å². The minimum Gasteiger partial charge on any atom is -0.331 e. The number of likely N-dealkylation sites (tertiary alicyclic amines) is 1. The van der Waals surface area contributed by atoms with Crippen molar-refractivity contribution in [2.45, 2.75) is 50.6 Å². The Kier molecular flexibility index (Phi) is 5.69. The third-order valence-corrected chi connectivity index (χ3v) is 6.53. The normalized spacial score (nSPS) is 23.4. The zero-order valence-electron chi connectivity index (χ0n) is 16.5. The Morgan fingerprint density at radius 1 is 1.17 bits per heavy atom. The Balaban J connectivity index is 1.59. The highest BCUT2D eigenvalue weighted by atomic mass is 32.2. The van der Waals surface area contributed by atoms with E-state index in [0.717, 1.165) is 37.5 Å². The van der Waals surface area contributed by atoms with Crippen molar-refractivity contribution < 1.29 is 13.2 Å². The lowest BCUT2D eigenvalue weighted by molar-refractivity contribution is -0.137. The van der Waals surface area contributed by atoms with Gasteiger partial charge < -0.3 is 4.90 Å². The molecule has 2 unspecified atom stereocenters. The molecule has 0 spiro atoms. The van der Waals surface area contributed by atoms with E-state index in [1.165, 1.54) is 6.42 Å². The van der Waals surface area contributed by atoms with Crippen LogP contribution >= 0.6 is 0 Å². The second kappa shape index (κ2) is 8.23. The molecule has 2 N–H and O–H groups in total. The van der Waals surface area contributed by atoms with Crippen molar-refractivity contribution in [1.29, 1.82) is 0 Å². The van der Waals surface area contributed by atoms with Gasteiger partial charge in [0.05, 0.1) is 12.3 Å². The Morgan fingerprint density at radius 2 is 1.90 bits per heavy atom. The molecule has 156 valence electrons. The van der Waals surface area contributed by atoms with Gasteiger partial charge in [-0.05, 0) is 19.3 Å². The third-order valence-electron chi connectivity index (χ3n) is 5.77. The van der Waals surface area contributed by atoms with E-state index in [4.69, 9.17) is 0 Å². The van der Waals surface area contributed by atoms with Crippen LogP contribution < -0.4 is 4.72 Å². The van der Waals surface area contributed by atoms with Crippen LogP contribution in [0.25, 0.3) is 11.4 Å². The first-order chi connectivity index (χ1) is 13.9. The summed E-state index contributed by atoms with van der Waals surface area (Å²) in [5, 5.41) is 7.31. The van der Waals surface area contributed by atoms with Crippen molar-refractivity contribution in [1.82, 2.24) is 24.8 Å². The smallest absolute Gasteiger partial charge is 0.226 e. The number of H-pyrrole nitrogens is 1. The van der Waals surface area contributed by atoms with E-state index in [-0.39, 0.29) is 23.9 Å². The lowest BCUT2D eigenvalue weighted by atomic mass is 9.88. The Hall–Kier alpha value is -2.26. The Morgan fingerprint density at radius 3 is 2.59 bits per heavy atom. The molecule has 0 bridgehead atoms. The van der Waals surface area contributed by atoms with Gasteiger partial charge in [-0.3, -0.25) is 9.89 Å². The summed E-state index contributed by atoms with van der Waals surface area (Å²) < 4.78 is 26.2. The molecule has 1 aromatic heterocycles. The summed E-state index contributed by atoms with van der Waals surface area (Å²) in [6, 6.07) is 9.00. The molecule has 0 radical (unpaired) electrons. The van der Waals surface area contributed by atoms with Gasteiger partial charge in [0.15, 0.2) is 5.82 Å². The zero-order chi connectivity index (χ0) is 20.4. The summed E-state index contributed by atoms with van der Waals surface area (Å²) in [5.41, 5.74) is 0.893.